The number of carbonyl (C=O) groups excluding carboxylic acids is 3. The molecule has 7 heteroatoms. The highest BCUT2D eigenvalue weighted by Crippen LogP contribution is 2.36. The predicted octanol–water partition coefficient (Wildman–Crippen LogP) is 4.18. The van der Waals surface area contributed by atoms with Crippen molar-refractivity contribution in [3.63, 3.8) is 0 Å². The highest BCUT2D eigenvalue weighted by Gasteiger charge is 2.30. The lowest BCUT2D eigenvalue weighted by Crippen LogP contribution is -2.34. The topological polar surface area (TPSA) is 84.5 Å². The molecule has 0 unspecified atom stereocenters. The fourth-order valence-corrected chi connectivity index (χ4v) is 3.97. The molecule has 3 rings (SSSR count). The van der Waals surface area contributed by atoms with Gasteiger partial charge in [-0.25, -0.2) is 0 Å². The van der Waals surface area contributed by atoms with Gasteiger partial charge in [-0.3, -0.25) is 14.4 Å². The Balaban J connectivity index is 1.52. The number of amides is 2. The van der Waals surface area contributed by atoms with Gasteiger partial charge in [0, 0.05) is 10.6 Å². The molecule has 1 aliphatic heterocycles. The predicted molar refractivity (Wildman–Crippen MR) is 114 cm³/mol. The maximum atomic E-state index is 12.3. The average molecular weight is 413 g/mol. The van der Waals surface area contributed by atoms with Gasteiger partial charge in [-0.2, -0.15) is 0 Å². The van der Waals surface area contributed by atoms with Gasteiger partial charge in [-0.05, 0) is 42.7 Å². The van der Waals surface area contributed by atoms with E-state index in [0.29, 0.717) is 11.6 Å². The Morgan fingerprint density at radius 2 is 1.79 bits per heavy atom. The van der Waals surface area contributed by atoms with Gasteiger partial charge < -0.3 is 15.4 Å². The van der Waals surface area contributed by atoms with Crippen LogP contribution >= 0.6 is 11.8 Å². The summed E-state index contributed by atoms with van der Waals surface area (Å²) in [5, 5.41) is 4.94. The Kier molecular flexibility index (Phi) is 6.59. The molecular formula is C22H24N2O4S. The normalized spacial score (nSPS) is 16.6. The van der Waals surface area contributed by atoms with E-state index in [2.05, 4.69) is 24.5 Å². The standard InChI is InChI=1S/C22H24N2O4S/c1-13(2)15-8-10-16(11-9-15)23-21(26)14(3)28-20(25)12-19-22(27)24-17-6-4-5-7-18(17)29-19/h4-11,13-14,19H,12H2,1-3H3,(H,23,26)(H,24,27)/t14-,19+/m0/s1. The van der Waals surface area contributed by atoms with Crippen molar-refractivity contribution in [1.29, 1.82) is 0 Å². The maximum Gasteiger partial charge on any atom is 0.308 e. The number of ether oxygens (including phenoxy) is 1. The van der Waals surface area contributed by atoms with Crippen molar-refractivity contribution in [2.75, 3.05) is 10.6 Å². The number of fused-ring (bicyclic) bond motifs is 1. The first-order valence-corrected chi connectivity index (χ1v) is 10.4. The van der Waals surface area contributed by atoms with Gasteiger partial charge in [-0.1, -0.05) is 38.1 Å². The number of thioether (sulfide) groups is 1. The van der Waals surface area contributed by atoms with Crippen molar-refractivity contribution < 1.29 is 19.1 Å². The Morgan fingerprint density at radius 3 is 2.48 bits per heavy atom. The monoisotopic (exact) mass is 412 g/mol. The summed E-state index contributed by atoms with van der Waals surface area (Å²) < 4.78 is 5.24. The van der Waals surface area contributed by atoms with E-state index in [0.717, 1.165) is 10.6 Å². The van der Waals surface area contributed by atoms with Crippen LogP contribution in [-0.4, -0.2) is 29.1 Å². The first-order valence-electron chi connectivity index (χ1n) is 9.50. The zero-order valence-electron chi connectivity index (χ0n) is 16.6. The number of hydrogen-bond donors (Lipinski definition) is 2. The van der Waals surface area contributed by atoms with E-state index in [1.54, 1.807) is 0 Å². The Bertz CT molecular complexity index is 911. The molecule has 0 aliphatic carbocycles. The molecule has 0 bridgehead atoms. The summed E-state index contributed by atoms with van der Waals surface area (Å²) in [4.78, 5) is 37.7. The van der Waals surface area contributed by atoms with Crippen LogP contribution in [0.5, 0.6) is 0 Å². The molecule has 2 N–H and O–H groups in total. The van der Waals surface area contributed by atoms with Gasteiger partial charge in [-0.15, -0.1) is 11.8 Å². The molecule has 2 amide bonds. The van der Waals surface area contributed by atoms with Crippen LogP contribution in [0.15, 0.2) is 53.4 Å². The van der Waals surface area contributed by atoms with Crippen molar-refractivity contribution in [3.8, 4) is 0 Å². The third-order valence-corrected chi connectivity index (χ3v) is 5.86. The van der Waals surface area contributed by atoms with Crippen LogP contribution in [0.25, 0.3) is 0 Å². The van der Waals surface area contributed by atoms with Crippen LogP contribution in [0.2, 0.25) is 0 Å². The van der Waals surface area contributed by atoms with Gasteiger partial charge >= 0.3 is 5.97 Å². The molecule has 2 atom stereocenters. The number of para-hydroxylation sites is 1. The SMILES string of the molecule is CC(C)c1ccc(NC(=O)[C@H](C)OC(=O)C[C@H]2Sc3ccccc3NC2=O)cc1. The summed E-state index contributed by atoms with van der Waals surface area (Å²) in [5.74, 6) is -0.842. The first-order chi connectivity index (χ1) is 13.8. The third-order valence-electron chi connectivity index (χ3n) is 4.58. The molecule has 0 radical (unpaired) electrons. The van der Waals surface area contributed by atoms with Crippen molar-refractivity contribution in [1.82, 2.24) is 0 Å². The Morgan fingerprint density at radius 1 is 1.10 bits per heavy atom. The molecule has 0 fully saturated rings. The van der Waals surface area contributed by atoms with E-state index in [1.807, 2.05) is 48.5 Å². The van der Waals surface area contributed by atoms with Gasteiger partial charge in [0.25, 0.3) is 5.91 Å². The quantitative estimate of drug-likeness (QED) is 0.695. The van der Waals surface area contributed by atoms with E-state index >= 15 is 0 Å². The van der Waals surface area contributed by atoms with Crippen molar-refractivity contribution in [2.24, 2.45) is 0 Å². The van der Waals surface area contributed by atoms with Crippen LogP contribution in [0.1, 0.15) is 38.7 Å². The second-order valence-electron chi connectivity index (χ2n) is 7.19. The summed E-state index contributed by atoms with van der Waals surface area (Å²) in [6.07, 6.45) is -1.07. The number of benzene rings is 2. The minimum Gasteiger partial charge on any atom is -0.452 e. The summed E-state index contributed by atoms with van der Waals surface area (Å²) in [6, 6.07) is 15.0. The molecular weight excluding hydrogens is 388 g/mol. The third kappa shape index (κ3) is 5.38. The summed E-state index contributed by atoms with van der Waals surface area (Å²) in [7, 11) is 0. The number of carbonyl (C=O) groups is 3. The Labute approximate surface area is 174 Å². The molecule has 0 aromatic heterocycles. The number of hydrogen-bond acceptors (Lipinski definition) is 5. The molecule has 0 saturated carbocycles. The largest absolute Gasteiger partial charge is 0.452 e. The lowest BCUT2D eigenvalue weighted by molar-refractivity contribution is -0.153. The van der Waals surface area contributed by atoms with Crippen LogP contribution < -0.4 is 10.6 Å². The van der Waals surface area contributed by atoms with Crippen LogP contribution in [-0.2, 0) is 19.1 Å². The molecule has 2 aromatic rings. The van der Waals surface area contributed by atoms with E-state index in [4.69, 9.17) is 4.74 Å². The molecule has 1 aliphatic rings. The number of esters is 1. The number of nitrogens with one attached hydrogen (secondary N) is 2. The Hall–Kier alpha value is -2.80. The second kappa shape index (κ2) is 9.13. The maximum absolute atomic E-state index is 12.3. The zero-order valence-corrected chi connectivity index (χ0v) is 17.4. The fraction of sp³-hybridized carbons (Fsp3) is 0.318. The first kappa shape index (κ1) is 20.9. The minimum atomic E-state index is -0.962. The highest BCUT2D eigenvalue weighted by molar-refractivity contribution is 8.01. The molecule has 29 heavy (non-hydrogen) atoms. The van der Waals surface area contributed by atoms with Gasteiger partial charge in [0.15, 0.2) is 6.10 Å². The van der Waals surface area contributed by atoms with Crippen LogP contribution in [0, 0.1) is 0 Å². The van der Waals surface area contributed by atoms with Gasteiger partial charge in [0.2, 0.25) is 5.91 Å². The number of anilines is 2. The van der Waals surface area contributed by atoms with Crippen LogP contribution in [0.3, 0.4) is 0 Å². The van der Waals surface area contributed by atoms with E-state index in [9.17, 15) is 14.4 Å². The molecule has 6 nitrogen and oxygen atoms in total. The molecule has 152 valence electrons. The summed E-state index contributed by atoms with van der Waals surface area (Å²) in [6.45, 7) is 5.70. The number of rotatable bonds is 6. The van der Waals surface area contributed by atoms with Crippen molar-refractivity contribution in [3.05, 3.63) is 54.1 Å². The lowest BCUT2D eigenvalue weighted by Gasteiger charge is -2.23. The fourth-order valence-electron chi connectivity index (χ4n) is 2.87. The van der Waals surface area contributed by atoms with E-state index in [1.165, 1.54) is 24.2 Å². The van der Waals surface area contributed by atoms with Gasteiger partial charge in [0.05, 0.1) is 17.4 Å². The zero-order chi connectivity index (χ0) is 21.0. The summed E-state index contributed by atoms with van der Waals surface area (Å²) >= 11 is 1.32. The van der Waals surface area contributed by atoms with Crippen LogP contribution in [0.4, 0.5) is 11.4 Å². The van der Waals surface area contributed by atoms with Gasteiger partial charge in [0.1, 0.15) is 0 Å². The molecule has 2 aromatic carbocycles. The van der Waals surface area contributed by atoms with Crippen molar-refractivity contribution >= 4 is 40.9 Å². The molecule has 1 heterocycles. The van der Waals surface area contributed by atoms with Crippen molar-refractivity contribution in [2.45, 2.75) is 49.4 Å². The highest BCUT2D eigenvalue weighted by atomic mass is 32.2. The van der Waals surface area contributed by atoms with E-state index < -0.39 is 23.2 Å². The minimum absolute atomic E-state index is 0.106. The average Bonchev–Trinajstić information content (AvgIpc) is 2.68. The molecule has 0 saturated heterocycles. The van der Waals surface area contributed by atoms with E-state index in [-0.39, 0.29) is 12.3 Å². The summed E-state index contributed by atoms with van der Waals surface area (Å²) in [5.41, 5.74) is 2.55. The lowest BCUT2D eigenvalue weighted by atomic mass is 10.0. The smallest absolute Gasteiger partial charge is 0.308 e. The second-order valence-corrected chi connectivity index (χ2v) is 8.44. The molecule has 0 spiro atoms.